The molecule has 0 saturated carbocycles. The molecular formula is C6H13N3O2. The van der Waals surface area contributed by atoms with Gasteiger partial charge in [0, 0.05) is 12.8 Å². The first-order valence-electron chi connectivity index (χ1n) is 3.34. The van der Waals surface area contributed by atoms with Crippen LogP contribution in [0.25, 0.3) is 0 Å². The number of nitrogens with two attached hydrogens (primary N) is 2. The van der Waals surface area contributed by atoms with Crippen LogP contribution in [-0.4, -0.2) is 11.8 Å². The number of primary amides is 1. The molecule has 0 spiro atoms. The van der Waals surface area contributed by atoms with E-state index in [1.165, 1.54) is 0 Å². The van der Waals surface area contributed by atoms with Crippen LogP contribution in [0, 0.1) is 5.92 Å². The maximum absolute atomic E-state index is 10.6. The van der Waals surface area contributed by atoms with Crippen molar-refractivity contribution < 1.29 is 9.59 Å². The minimum atomic E-state index is -0.401. The van der Waals surface area contributed by atoms with Crippen LogP contribution in [0.1, 0.15) is 19.8 Å². The van der Waals surface area contributed by atoms with Gasteiger partial charge >= 0.3 is 0 Å². The van der Waals surface area contributed by atoms with E-state index in [-0.39, 0.29) is 24.7 Å². The molecule has 0 aliphatic carbocycles. The van der Waals surface area contributed by atoms with E-state index in [0.29, 0.717) is 0 Å². The molecule has 64 valence electrons. The van der Waals surface area contributed by atoms with Crippen molar-refractivity contribution in [3.63, 3.8) is 0 Å². The van der Waals surface area contributed by atoms with E-state index in [9.17, 15) is 9.59 Å². The Kier molecular flexibility index (Phi) is 4.21. The Balaban J connectivity index is 3.60. The summed E-state index contributed by atoms with van der Waals surface area (Å²) in [5, 5.41) is 0. The van der Waals surface area contributed by atoms with Gasteiger partial charge in [0.2, 0.25) is 11.8 Å². The summed E-state index contributed by atoms with van der Waals surface area (Å²) < 4.78 is 0. The number of carbonyl (C=O) groups excluding carboxylic acids is 2. The fraction of sp³-hybridized carbons (Fsp3) is 0.667. The molecule has 0 radical (unpaired) electrons. The van der Waals surface area contributed by atoms with E-state index >= 15 is 0 Å². The number of amides is 2. The van der Waals surface area contributed by atoms with Crippen molar-refractivity contribution in [2.45, 2.75) is 19.8 Å². The van der Waals surface area contributed by atoms with Gasteiger partial charge in [-0.2, -0.15) is 0 Å². The first-order valence-corrected chi connectivity index (χ1v) is 3.34. The number of nitrogens with one attached hydrogen (secondary N) is 1. The van der Waals surface area contributed by atoms with Crippen LogP contribution in [-0.2, 0) is 9.59 Å². The lowest BCUT2D eigenvalue weighted by Crippen LogP contribution is -2.31. The molecule has 0 saturated heterocycles. The first-order chi connectivity index (χ1) is 5.06. The number of hydrogen-bond donors (Lipinski definition) is 3. The quantitative estimate of drug-likeness (QED) is 0.275. The molecule has 2 amide bonds. The lowest BCUT2D eigenvalue weighted by Gasteiger charge is -2.06. The van der Waals surface area contributed by atoms with Gasteiger partial charge in [0.1, 0.15) is 0 Å². The molecule has 0 aromatic carbocycles. The van der Waals surface area contributed by atoms with Crippen molar-refractivity contribution in [1.29, 1.82) is 0 Å². The van der Waals surface area contributed by atoms with E-state index in [1.54, 1.807) is 6.92 Å². The minimum Gasteiger partial charge on any atom is -0.370 e. The van der Waals surface area contributed by atoms with E-state index in [4.69, 9.17) is 11.6 Å². The molecule has 0 aromatic heterocycles. The van der Waals surface area contributed by atoms with Crippen LogP contribution in [0.5, 0.6) is 0 Å². The maximum Gasteiger partial charge on any atom is 0.234 e. The molecule has 0 heterocycles. The molecule has 0 aliphatic rings. The molecule has 0 aromatic rings. The van der Waals surface area contributed by atoms with Gasteiger partial charge in [-0.15, -0.1) is 0 Å². The third-order valence-electron chi connectivity index (χ3n) is 1.24. The van der Waals surface area contributed by atoms with Crippen LogP contribution < -0.4 is 17.0 Å². The predicted octanol–water partition coefficient (Wildman–Crippen LogP) is -1.12. The normalized spacial score (nSPS) is 12.2. The summed E-state index contributed by atoms with van der Waals surface area (Å²) in [5.41, 5.74) is 6.89. The highest BCUT2D eigenvalue weighted by Crippen LogP contribution is 2.05. The summed E-state index contributed by atoms with van der Waals surface area (Å²) in [6, 6.07) is 0. The third kappa shape index (κ3) is 5.35. The van der Waals surface area contributed by atoms with E-state index in [0.717, 1.165) is 0 Å². The van der Waals surface area contributed by atoms with Gasteiger partial charge in [0.15, 0.2) is 0 Å². The summed E-state index contributed by atoms with van der Waals surface area (Å²) in [6.45, 7) is 1.76. The Hall–Kier alpha value is -1.10. The zero-order valence-corrected chi connectivity index (χ0v) is 6.46. The van der Waals surface area contributed by atoms with E-state index in [2.05, 4.69) is 0 Å². The Morgan fingerprint density at radius 1 is 1.45 bits per heavy atom. The van der Waals surface area contributed by atoms with E-state index < -0.39 is 5.91 Å². The molecule has 1 atom stereocenters. The van der Waals surface area contributed by atoms with Gasteiger partial charge in [-0.05, 0) is 5.92 Å². The smallest absolute Gasteiger partial charge is 0.234 e. The third-order valence-corrected chi connectivity index (χ3v) is 1.24. The van der Waals surface area contributed by atoms with Crippen LogP contribution in [0.4, 0.5) is 0 Å². The average molecular weight is 159 g/mol. The van der Waals surface area contributed by atoms with Crippen LogP contribution in [0.2, 0.25) is 0 Å². The van der Waals surface area contributed by atoms with Crippen molar-refractivity contribution in [3.05, 3.63) is 0 Å². The largest absolute Gasteiger partial charge is 0.370 e. The summed E-state index contributed by atoms with van der Waals surface area (Å²) in [4.78, 5) is 21.0. The van der Waals surface area contributed by atoms with Gasteiger partial charge in [0.25, 0.3) is 0 Å². The highest BCUT2D eigenvalue weighted by molar-refractivity contribution is 5.78. The molecule has 5 heteroatoms. The Morgan fingerprint density at radius 3 is 2.36 bits per heavy atom. The lowest BCUT2D eigenvalue weighted by atomic mass is 10.0. The highest BCUT2D eigenvalue weighted by atomic mass is 16.2. The second-order valence-corrected chi connectivity index (χ2v) is 2.55. The molecule has 0 unspecified atom stereocenters. The zero-order chi connectivity index (χ0) is 8.85. The van der Waals surface area contributed by atoms with Gasteiger partial charge < -0.3 is 5.73 Å². The van der Waals surface area contributed by atoms with Gasteiger partial charge in [-0.25, -0.2) is 5.84 Å². The Labute approximate surface area is 65.1 Å². The fourth-order valence-corrected chi connectivity index (χ4v) is 0.791. The number of rotatable bonds is 4. The number of hydrogen-bond acceptors (Lipinski definition) is 3. The van der Waals surface area contributed by atoms with Crippen molar-refractivity contribution in [2.75, 3.05) is 0 Å². The Bertz CT molecular complexity index is 158. The Morgan fingerprint density at radius 2 is 2.00 bits per heavy atom. The lowest BCUT2D eigenvalue weighted by molar-refractivity contribution is -0.122. The predicted molar refractivity (Wildman–Crippen MR) is 39.9 cm³/mol. The van der Waals surface area contributed by atoms with E-state index in [1.807, 2.05) is 5.43 Å². The minimum absolute atomic E-state index is 0.0453. The summed E-state index contributed by atoms with van der Waals surface area (Å²) in [7, 11) is 0. The summed E-state index contributed by atoms with van der Waals surface area (Å²) >= 11 is 0. The highest BCUT2D eigenvalue weighted by Gasteiger charge is 2.09. The molecule has 0 rings (SSSR count). The average Bonchev–Trinajstić information content (AvgIpc) is 1.85. The van der Waals surface area contributed by atoms with Crippen molar-refractivity contribution >= 4 is 11.8 Å². The van der Waals surface area contributed by atoms with Gasteiger partial charge in [0.05, 0.1) is 0 Å². The molecule has 11 heavy (non-hydrogen) atoms. The maximum atomic E-state index is 10.6. The second kappa shape index (κ2) is 4.68. The van der Waals surface area contributed by atoms with Crippen molar-refractivity contribution in [2.24, 2.45) is 17.5 Å². The molecular weight excluding hydrogens is 146 g/mol. The molecule has 0 bridgehead atoms. The monoisotopic (exact) mass is 159 g/mol. The number of carbonyl (C=O) groups is 2. The van der Waals surface area contributed by atoms with Gasteiger partial charge in [-0.1, -0.05) is 6.92 Å². The summed E-state index contributed by atoms with van der Waals surface area (Å²) in [5.74, 6) is 4.11. The SMILES string of the molecule is C[C@H](CC(N)=O)CC(=O)NN. The topological polar surface area (TPSA) is 98.2 Å². The van der Waals surface area contributed by atoms with Crippen LogP contribution in [0.15, 0.2) is 0 Å². The van der Waals surface area contributed by atoms with Crippen LogP contribution in [0.3, 0.4) is 0 Å². The van der Waals surface area contributed by atoms with Crippen molar-refractivity contribution in [3.8, 4) is 0 Å². The first kappa shape index (κ1) is 9.90. The standard InChI is InChI=1S/C6H13N3O2/c1-4(2-5(7)10)3-6(11)9-8/h4H,2-3,8H2,1H3,(H2,7,10)(H,9,11)/t4-/m1/s1. The molecule has 5 nitrogen and oxygen atoms in total. The molecule has 0 aliphatic heterocycles. The summed E-state index contributed by atoms with van der Waals surface area (Å²) in [6.07, 6.45) is 0.451. The molecule has 0 fully saturated rings. The van der Waals surface area contributed by atoms with Crippen LogP contribution >= 0.6 is 0 Å². The zero-order valence-electron chi connectivity index (χ0n) is 6.46. The number of hydrazine groups is 1. The second-order valence-electron chi connectivity index (χ2n) is 2.55. The fourth-order valence-electron chi connectivity index (χ4n) is 0.791. The van der Waals surface area contributed by atoms with Gasteiger partial charge in [-0.3, -0.25) is 15.0 Å². The molecule has 5 N–H and O–H groups in total. The van der Waals surface area contributed by atoms with Crippen molar-refractivity contribution in [1.82, 2.24) is 5.43 Å².